The second-order valence-electron chi connectivity index (χ2n) is 6.32. The van der Waals surface area contributed by atoms with Gasteiger partial charge in [0.25, 0.3) is 0 Å². The number of thiazole rings is 1. The molecule has 9 heteroatoms. The van der Waals surface area contributed by atoms with Crippen molar-refractivity contribution in [3.05, 3.63) is 24.7 Å². The molecule has 1 aliphatic carbocycles. The van der Waals surface area contributed by atoms with E-state index in [-0.39, 0.29) is 11.8 Å². The van der Waals surface area contributed by atoms with Crippen molar-refractivity contribution in [2.75, 3.05) is 11.9 Å². The number of aromatic nitrogens is 5. The van der Waals surface area contributed by atoms with Crippen LogP contribution in [0.2, 0.25) is 0 Å². The summed E-state index contributed by atoms with van der Waals surface area (Å²) in [6.07, 6.45) is 7.35. The van der Waals surface area contributed by atoms with Crippen molar-refractivity contribution >= 4 is 23.1 Å². The zero-order valence-corrected chi connectivity index (χ0v) is 15.8. The Morgan fingerprint density at radius 1 is 1.41 bits per heavy atom. The molecule has 2 N–H and O–H groups in total. The first-order valence-corrected chi connectivity index (χ1v) is 9.83. The molecule has 0 bridgehead atoms. The Morgan fingerprint density at radius 2 is 2.26 bits per heavy atom. The third-order valence-electron chi connectivity index (χ3n) is 4.49. The van der Waals surface area contributed by atoms with Crippen LogP contribution in [0.25, 0.3) is 21.3 Å². The van der Waals surface area contributed by atoms with Crippen LogP contribution in [0.3, 0.4) is 0 Å². The molecule has 0 unspecified atom stereocenters. The van der Waals surface area contributed by atoms with E-state index in [2.05, 4.69) is 30.5 Å². The van der Waals surface area contributed by atoms with Crippen LogP contribution in [0.4, 0.5) is 5.82 Å². The number of H-pyrrole nitrogens is 1. The fourth-order valence-electron chi connectivity index (χ4n) is 3.18. The number of nitrogens with one attached hydrogen (secondary N) is 2. The molecule has 4 rings (SSSR count). The van der Waals surface area contributed by atoms with Gasteiger partial charge in [0, 0.05) is 17.7 Å². The monoisotopic (exact) mass is 384 g/mol. The zero-order chi connectivity index (χ0) is 18.6. The molecule has 0 radical (unpaired) electrons. The van der Waals surface area contributed by atoms with Gasteiger partial charge < -0.3 is 15.0 Å². The van der Waals surface area contributed by atoms with Crippen molar-refractivity contribution in [1.82, 2.24) is 25.1 Å². The van der Waals surface area contributed by atoms with Crippen LogP contribution < -0.4 is 10.1 Å². The summed E-state index contributed by atoms with van der Waals surface area (Å²) in [6, 6.07) is 3.70. The lowest BCUT2D eigenvalue weighted by atomic mass is 10.1. The van der Waals surface area contributed by atoms with E-state index in [1.807, 2.05) is 19.1 Å². The van der Waals surface area contributed by atoms with E-state index in [0.29, 0.717) is 24.1 Å². The maximum atomic E-state index is 12.4. The highest BCUT2D eigenvalue weighted by Crippen LogP contribution is 2.38. The molecule has 3 heterocycles. The Hall–Kier alpha value is -2.81. The lowest BCUT2D eigenvalue weighted by molar-refractivity contribution is -0.119. The van der Waals surface area contributed by atoms with Crippen LogP contribution in [0.5, 0.6) is 5.88 Å². The zero-order valence-electron chi connectivity index (χ0n) is 14.9. The normalized spacial score (nSPS) is 14.4. The molecule has 8 nitrogen and oxygen atoms in total. The Kier molecular flexibility index (Phi) is 5.10. The van der Waals surface area contributed by atoms with Crippen molar-refractivity contribution < 1.29 is 9.53 Å². The first-order valence-electron chi connectivity index (χ1n) is 9.02. The lowest BCUT2D eigenvalue weighted by Crippen LogP contribution is -2.20. The molecule has 0 aromatic carbocycles. The van der Waals surface area contributed by atoms with E-state index in [4.69, 9.17) is 4.74 Å². The topological polar surface area (TPSA) is 106 Å². The Morgan fingerprint density at radius 3 is 3.00 bits per heavy atom. The van der Waals surface area contributed by atoms with Gasteiger partial charge in [-0.2, -0.15) is 0 Å². The van der Waals surface area contributed by atoms with Gasteiger partial charge in [0.15, 0.2) is 5.82 Å². The highest BCUT2D eigenvalue weighted by molar-refractivity contribution is 7.18. The minimum absolute atomic E-state index is 0.0497. The Labute approximate surface area is 160 Å². The van der Waals surface area contributed by atoms with Gasteiger partial charge in [-0.1, -0.05) is 12.8 Å². The maximum absolute atomic E-state index is 12.4. The van der Waals surface area contributed by atoms with E-state index in [0.717, 1.165) is 41.1 Å². The van der Waals surface area contributed by atoms with Crippen LogP contribution >= 0.6 is 11.3 Å². The molecule has 140 valence electrons. The van der Waals surface area contributed by atoms with Crippen molar-refractivity contribution in [2.45, 2.75) is 32.6 Å². The summed E-state index contributed by atoms with van der Waals surface area (Å²) in [5.74, 6) is 1.82. The maximum Gasteiger partial charge on any atom is 0.236 e. The summed E-state index contributed by atoms with van der Waals surface area (Å²) in [7, 11) is 0. The molecule has 0 aliphatic heterocycles. The molecule has 3 aromatic rings. The quantitative estimate of drug-likeness (QED) is 0.674. The van der Waals surface area contributed by atoms with E-state index >= 15 is 0 Å². The first kappa shape index (κ1) is 17.6. The molecule has 27 heavy (non-hydrogen) atoms. The average molecular weight is 384 g/mol. The highest BCUT2D eigenvalue weighted by Gasteiger charge is 2.23. The number of carbonyl (C=O) groups excluding carboxylic acids is 1. The number of hydrogen-bond donors (Lipinski definition) is 2. The molecule has 0 atom stereocenters. The van der Waals surface area contributed by atoms with Crippen molar-refractivity contribution in [1.29, 1.82) is 0 Å². The van der Waals surface area contributed by atoms with Gasteiger partial charge in [0.05, 0.1) is 6.61 Å². The highest BCUT2D eigenvalue weighted by atomic mass is 32.1. The minimum atomic E-state index is 0.0497. The molecular weight excluding hydrogens is 364 g/mol. The summed E-state index contributed by atoms with van der Waals surface area (Å²) in [4.78, 5) is 25.0. The van der Waals surface area contributed by atoms with Crippen molar-refractivity contribution in [2.24, 2.45) is 5.92 Å². The second-order valence-corrected chi connectivity index (χ2v) is 7.32. The molecule has 0 spiro atoms. The molecule has 1 amide bonds. The molecule has 3 aromatic heterocycles. The van der Waals surface area contributed by atoms with Crippen LogP contribution in [0.1, 0.15) is 32.6 Å². The number of nitrogens with zero attached hydrogens (tertiary/aromatic N) is 4. The number of anilines is 1. The molecule has 1 fully saturated rings. The van der Waals surface area contributed by atoms with Gasteiger partial charge >= 0.3 is 0 Å². The van der Waals surface area contributed by atoms with E-state index < -0.39 is 0 Å². The van der Waals surface area contributed by atoms with Gasteiger partial charge in [-0.25, -0.2) is 9.97 Å². The summed E-state index contributed by atoms with van der Waals surface area (Å²) in [5.41, 5.74) is 0.864. The van der Waals surface area contributed by atoms with E-state index in [1.165, 1.54) is 17.7 Å². The number of hydrogen-bond acceptors (Lipinski definition) is 7. The van der Waals surface area contributed by atoms with Gasteiger partial charge in [-0.05, 0) is 31.9 Å². The summed E-state index contributed by atoms with van der Waals surface area (Å²) in [5, 5.41) is 11.6. The smallest absolute Gasteiger partial charge is 0.236 e. The van der Waals surface area contributed by atoms with E-state index in [9.17, 15) is 4.79 Å². The van der Waals surface area contributed by atoms with Crippen LogP contribution in [0.15, 0.2) is 24.7 Å². The fourth-order valence-corrected chi connectivity index (χ4v) is 4.13. The third-order valence-corrected chi connectivity index (χ3v) is 5.59. The van der Waals surface area contributed by atoms with Crippen molar-refractivity contribution in [3.8, 4) is 27.2 Å². The van der Waals surface area contributed by atoms with Gasteiger partial charge in [0.2, 0.25) is 11.8 Å². The average Bonchev–Trinajstić information content (AvgIpc) is 3.43. The number of carbonyl (C=O) groups is 1. The number of rotatable bonds is 6. The Balaban J connectivity index is 1.60. The predicted octanol–water partition coefficient (Wildman–Crippen LogP) is 3.52. The summed E-state index contributed by atoms with van der Waals surface area (Å²) in [6.45, 7) is 2.41. The van der Waals surface area contributed by atoms with Gasteiger partial charge in [-0.3, -0.25) is 4.79 Å². The lowest BCUT2D eigenvalue weighted by Gasteiger charge is -2.10. The van der Waals surface area contributed by atoms with Crippen molar-refractivity contribution in [3.63, 3.8) is 0 Å². The van der Waals surface area contributed by atoms with Crippen LogP contribution in [-0.4, -0.2) is 37.7 Å². The molecular formula is C18H20N6O2S. The molecule has 1 aliphatic rings. The predicted molar refractivity (Wildman–Crippen MR) is 102 cm³/mol. The number of amides is 1. The molecule has 1 saturated carbocycles. The number of aromatic amines is 1. The van der Waals surface area contributed by atoms with Crippen LogP contribution in [0, 0.1) is 5.92 Å². The Bertz CT molecular complexity index is 918. The molecule has 0 saturated heterocycles. The second kappa shape index (κ2) is 7.83. The van der Waals surface area contributed by atoms with Crippen LogP contribution in [-0.2, 0) is 4.79 Å². The summed E-state index contributed by atoms with van der Waals surface area (Å²) >= 11 is 1.45. The minimum Gasteiger partial charge on any atom is -0.477 e. The fraction of sp³-hybridized carbons (Fsp3) is 0.389. The van der Waals surface area contributed by atoms with E-state index in [1.54, 1.807) is 6.20 Å². The number of pyridine rings is 1. The van der Waals surface area contributed by atoms with Gasteiger partial charge in [0.1, 0.15) is 22.0 Å². The summed E-state index contributed by atoms with van der Waals surface area (Å²) < 4.78 is 5.65. The largest absolute Gasteiger partial charge is 0.477 e. The first-order chi connectivity index (χ1) is 13.2. The number of ether oxygens (including phenoxy) is 1. The third kappa shape index (κ3) is 3.82. The SMILES string of the molecule is CCOc1nc(-c2ccnc(NC(=O)C3CCCC3)c2)sc1-c1nnc[nH]1. The van der Waals surface area contributed by atoms with Gasteiger partial charge in [-0.15, -0.1) is 21.5 Å². The standard InChI is InChI=1S/C18H20N6O2S/c1-2-26-17-14(15-20-10-21-24-15)27-18(23-17)12-7-8-19-13(9-12)22-16(25)11-5-3-4-6-11/h7-11H,2-6H2,1H3,(H,19,22,25)(H,20,21,24).